The van der Waals surface area contributed by atoms with E-state index in [1.54, 1.807) is 13.0 Å². The van der Waals surface area contributed by atoms with Crippen molar-refractivity contribution in [2.24, 2.45) is 0 Å². The minimum absolute atomic E-state index is 0.0499. The number of carbonyl (C=O) groups excluding carboxylic acids is 1. The number of benzene rings is 4. The molecule has 0 aromatic heterocycles. The Kier molecular flexibility index (Phi) is 8.65. The Morgan fingerprint density at radius 3 is 1.82 bits per heavy atom. The second-order valence-corrected chi connectivity index (χ2v) is 15.8. The molecule has 0 spiro atoms. The first kappa shape index (κ1) is 28.2. The van der Waals surface area contributed by atoms with Gasteiger partial charge in [-0.25, -0.2) is 4.79 Å². The summed E-state index contributed by atoms with van der Waals surface area (Å²) >= 11 is 0. The number of rotatable bonds is 10. The van der Waals surface area contributed by atoms with E-state index in [-0.39, 0.29) is 11.6 Å². The zero-order valence-electron chi connectivity index (χ0n) is 23.7. The molecule has 0 bridgehead atoms. The highest BCUT2D eigenvalue weighted by Crippen LogP contribution is 2.45. The molecular weight excluding hydrogens is 504 g/mol. The van der Waals surface area contributed by atoms with Gasteiger partial charge >= 0.3 is 5.97 Å². The lowest BCUT2D eigenvalue weighted by molar-refractivity contribution is 0.0526. The third-order valence-electron chi connectivity index (χ3n) is 7.16. The van der Waals surface area contributed by atoms with E-state index in [0.717, 1.165) is 21.9 Å². The third-order valence-corrected chi connectivity index (χ3v) is 11.5. The summed E-state index contributed by atoms with van der Waals surface area (Å²) in [6.07, 6.45) is 0. The van der Waals surface area contributed by atoms with Crippen molar-refractivity contribution in [2.45, 2.75) is 59.0 Å². The highest BCUT2D eigenvalue weighted by atomic mass is 28.4. The molecule has 5 nitrogen and oxygen atoms in total. The molecular formula is C33H38O5Si. The fraction of sp³-hybridized carbons (Fsp3) is 0.303. The topological polar surface area (TPSA) is 54.0 Å². The standard InChI is InChI=1S/C33H38O5Si/c1-7-35-32(34)26-20-27-28(36-22-24-14-10-8-11-15-24)18-19-29(37-23-25-16-12-9-13-17-25)31(27)30(21-26)38-39(5,6)33(2,3)4/h8-21H,7,22-23H2,1-6H3. The highest BCUT2D eigenvalue weighted by molar-refractivity contribution is 6.74. The van der Waals surface area contributed by atoms with Crippen LogP contribution in [-0.2, 0) is 18.0 Å². The highest BCUT2D eigenvalue weighted by Gasteiger charge is 2.39. The maximum Gasteiger partial charge on any atom is 0.338 e. The average molecular weight is 543 g/mol. The van der Waals surface area contributed by atoms with Gasteiger partial charge in [-0.2, -0.15) is 0 Å². The number of esters is 1. The van der Waals surface area contributed by atoms with Crippen molar-refractivity contribution in [3.05, 3.63) is 102 Å². The van der Waals surface area contributed by atoms with Crippen LogP contribution in [0.15, 0.2) is 84.9 Å². The number of hydrogen-bond acceptors (Lipinski definition) is 5. The molecule has 0 unspecified atom stereocenters. The van der Waals surface area contributed by atoms with Crippen LogP contribution in [0.2, 0.25) is 18.1 Å². The van der Waals surface area contributed by atoms with Crippen molar-refractivity contribution in [1.29, 1.82) is 0 Å². The predicted molar refractivity (Wildman–Crippen MR) is 159 cm³/mol. The lowest BCUT2D eigenvalue weighted by Crippen LogP contribution is -2.44. The normalized spacial score (nSPS) is 11.7. The molecule has 0 N–H and O–H groups in total. The summed E-state index contributed by atoms with van der Waals surface area (Å²) in [5, 5.41) is 1.48. The summed E-state index contributed by atoms with van der Waals surface area (Å²) in [5.41, 5.74) is 2.53. The molecule has 0 aliphatic rings. The summed E-state index contributed by atoms with van der Waals surface area (Å²) in [5.74, 6) is 1.52. The van der Waals surface area contributed by atoms with Crippen LogP contribution in [0.5, 0.6) is 17.2 Å². The molecule has 0 aliphatic carbocycles. The molecule has 39 heavy (non-hydrogen) atoms. The van der Waals surface area contributed by atoms with E-state index in [2.05, 4.69) is 33.9 Å². The SMILES string of the molecule is CCOC(=O)c1cc(O[Si](C)(C)C(C)(C)C)c2c(OCc3ccccc3)ccc(OCc3ccccc3)c2c1. The molecule has 0 fully saturated rings. The van der Waals surface area contributed by atoms with Gasteiger partial charge in [-0.3, -0.25) is 0 Å². The monoisotopic (exact) mass is 542 g/mol. The van der Waals surface area contributed by atoms with Gasteiger partial charge in [0.2, 0.25) is 0 Å². The predicted octanol–water partition coefficient (Wildman–Crippen LogP) is 8.56. The number of carbonyl (C=O) groups is 1. The lowest BCUT2D eigenvalue weighted by atomic mass is 10.0. The zero-order chi connectivity index (χ0) is 28.0. The molecule has 4 aromatic rings. The second kappa shape index (κ2) is 12.0. The van der Waals surface area contributed by atoms with Gasteiger partial charge < -0.3 is 18.6 Å². The van der Waals surface area contributed by atoms with E-state index in [4.69, 9.17) is 18.6 Å². The van der Waals surface area contributed by atoms with Crippen LogP contribution in [-0.4, -0.2) is 20.9 Å². The quantitative estimate of drug-likeness (QED) is 0.148. The number of hydrogen-bond donors (Lipinski definition) is 0. The Balaban J connectivity index is 1.87. The zero-order valence-corrected chi connectivity index (χ0v) is 24.7. The van der Waals surface area contributed by atoms with Gasteiger partial charge in [0, 0.05) is 5.39 Å². The van der Waals surface area contributed by atoms with Gasteiger partial charge in [0.25, 0.3) is 8.32 Å². The van der Waals surface area contributed by atoms with Crippen LogP contribution in [0.1, 0.15) is 49.2 Å². The summed E-state index contributed by atoms with van der Waals surface area (Å²) in [7, 11) is -2.29. The molecule has 204 valence electrons. The molecule has 6 heteroatoms. The van der Waals surface area contributed by atoms with Gasteiger partial charge in [-0.1, -0.05) is 81.4 Å². The van der Waals surface area contributed by atoms with E-state index in [0.29, 0.717) is 36.0 Å². The first-order valence-electron chi connectivity index (χ1n) is 13.4. The summed E-state index contributed by atoms with van der Waals surface area (Å²) < 4.78 is 24.9. The molecule has 0 amide bonds. The molecule has 0 radical (unpaired) electrons. The largest absolute Gasteiger partial charge is 0.543 e. The Morgan fingerprint density at radius 1 is 0.744 bits per heavy atom. The van der Waals surface area contributed by atoms with Gasteiger partial charge in [0.15, 0.2) is 0 Å². The van der Waals surface area contributed by atoms with E-state index in [1.807, 2.05) is 78.9 Å². The van der Waals surface area contributed by atoms with Crippen molar-refractivity contribution in [2.75, 3.05) is 6.61 Å². The smallest absolute Gasteiger partial charge is 0.338 e. The van der Waals surface area contributed by atoms with Crippen LogP contribution in [0.3, 0.4) is 0 Å². The minimum Gasteiger partial charge on any atom is -0.543 e. The van der Waals surface area contributed by atoms with E-state index in [1.165, 1.54) is 0 Å². The average Bonchev–Trinajstić information content (AvgIpc) is 2.91. The Labute approximate surface area is 232 Å². The van der Waals surface area contributed by atoms with Crippen LogP contribution in [0, 0.1) is 0 Å². The fourth-order valence-electron chi connectivity index (χ4n) is 3.95. The van der Waals surface area contributed by atoms with Crippen LogP contribution < -0.4 is 13.9 Å². The van der Waals surface area contributed by atoms with Gasteiger partial charge in [0.05, 0.1) is 17.6 Å². The Bertz CT molecular complexity index is 1410. The molecule has 0 saturated heterocycles. The first-order chi connectivity index (χ1) is 18.6. The molecule has 0 heterocycles. The van der Waals surface area contributed by atoms with Crippen LogP contribution in [0.25, 0.3) is 10.8 Å². The third kappa shape index (κ3) is 6.81. The van der Waals surface area contributed by atoms with Crippen molar-refractivity contribution >= 4 is 25.1 Å². The van der Waals surface area contributed by atoms with Gasteiger partial charge in [-0.05, 0) is 60.4 Å². The summed E-state index contributed by atoms with van der Waals surface area (Å²) in [4.78, 5) is 13.0. The van der Waals surface area contributed by atoms with Crippen molar-refractivity contribution in [3.63, 3.8) is 0 Å². The van der Waals surface area contributed by atoms with Crippen LogP contribution in [0.4, 0.5) is 0 Å². The maximum absolute atomic E-state index is 13.0. The van der Waals surface area contributed by atoms with Crippen LogP contribution >= 0.6 is 0 Å². The molecule has 0 atom stereocenters. The molecule has 4 aromatic carbocycles. The second-order valence-electron chi connectivity index (χ2n) is 11.1. The Hall–Kier alpha value is -3.77. The summed E-state index contributed by atoms with van der Waals surface area (Å²) in [6, 6.07) is 27.5. The van der Waals surface area contributed by atoms with E-state index < -0.39 is 14.3 Å². The van der Waals surface area contributed by atoms with Gasteiger partial charge in [0.1, 0.15) is 30.5 Å². The first-order valence-corrected chi connectivity index (χ1v) is 16.3. The van der Waals surface area contributed by atoms with Crippen molar-refractivity contribution in [3.8, 4) is 17.2 Å². The van der Waals surface area contributed by atoms with Crippen molar-refractivity contribution < 1.29 is 23.4 Å². The molecule has 0 saturated carbocycles. The maximum atomic E-state index is 13.0. The van der Waals surface area contributed by atoms with E-state index >= 15 is 0 Å². The fourth-order valence-corrected chi connectivity index (χ4v) is 4.96. The minimum atomic E-state index is -2.29. The number of fused-ring (bicyclic) bond motifs is 1. The number of ether oxygens (including phenoxy) is 3. The van der Waals surface area contributed by atoms with Gasteiger partial charge in [-0.15, -0.1) is 0 Å². The Morgan fingerprint density at radius 2 is 1.28 bits per heavy atom. The summed E-state index contributed by atoms with van der Waals surface area (Å²) in [6.45, 7) is 13.8. The lowest BCUT2D eigenvalue weighted by Gasteiger charge is -2.37. The van der Waals surface area contributed by atoms with E-state index in [9.17, 15) is 4.79 Å². The van der Waals surface area contributed by atoms with Crippen molar-refractivity contribution in [1.82, 2.24) is 0 Å². The molecule has 0 aliphatic heterocycles. The molecule has 4 rings (SSSR count).